The van der Waals surface area contributed by atoms with Crippen LogP contribution in [0.1, 0.15) is 33.6 Å². The van der Waals surface area contributed by atoms with Crippen LogP contribution in [0.15, 0.2) is 11.6 Å². The fraction of sp³-hybridized carbons (Fsp3) is 0.733. The van der Waals surface area contributed by atoms with E-state index in [1.807, 2.05) is 6.08 Å². The van der Waals surface area contributed by atoms with E-state index >= 15 is 0 Å². The number of hydrogen-bond donors (Lipinski definition) is 0. The van der Waals surface area contributed by atoms with Gasteiger partial charge in [-0.15, -0.1) is 0 Å². The predicted molar refractivity (Wildman–Crippen MR) is 73.0 cm³/mol. The molecule has 0 aromatic rings. The van der Waals surface area contributed by atoms with E-state index in [-0.39, 0.29) is 11.7 Å². The first-order valence-electron chi connectivity index (χ1n) is 6.77. The van der Waals surface area contributed by atoms with Gasteiger partial charge < -0.3 is 0 Å². The quantitative estimate of drug-likeness (QED) is 0.696. The number of carbonyl (C=O) groups excluding carboxylic acids is 1. The fourth-order valence-electron chi connectivity index (χ4n) is 4.46. The number of nitrogens with zero attached hydrogens (tertiary/aromatic N) is 1. The van der Waals surface area contributed by atoms with Crippen molar-refractivity contribution < 1.29 is 4.79 Å². The highest BCUT2D eigenvalue weighted by atomic mass is 79.9. The zero-order chi connectivity index (χ0) is 13.3. The molecule has 0 unspecified atom stereocenters. The molecule has 0 amide bonds. The molecule has 3 rings (SSSR count). The zero-order valence-electron chi connectivity index (χ0n) is 11.0. The molecule has 0 N–H and O–H groups in total. The Balaban J connectivity index is 2.16. The van der Waals surface area contributed by atoms with Crippen LogP contribution in [0.2, 0.25) is 0 Å². The van der Waals surface area contributed by atoms with E-state index in [2.05, 4.69) is 42.8 Å². The Kier molecular flexibility index (Phi) is 2.40. The number of nitriles is 1. The van der Waals surface area contributed by atoms with Crippen molar-refractivity contribution >= 4 is 21.7 Å². The molecule has 2 fully saturated rings. The number of alkyl halides is 1. The minimum Gasteiger partial charge on any atom is -0.293 e. The van der Waals surface area contributed by atoms with Crippen molar-refractivity contribution in [2.24, 2.45) is 29.1 Å². The lowest BCUT2D eigenvalue weighted by Gasteiger charge is -2.27. The van der Waals surface area contributed by atoms with Gasteiger partial charge in [-0.3, -0.25) is 4.79 Å². The molecular weight excluding hydrogens is 290 g/mol. The molecule has 96 valence electrons. The van der Waals surface area contributed by atoms with Crippen molar-refractivity contribution in [3.63, 3.8) is 0 Å². The van der Waals surface area contributed by atoms with E-state index < -0.39 is 9.74 Å². The van der Waals surface area contributed by atoms with E-state index in [1.54, 1.807) is 0 Å². The first-order valence-corrected chi connectivity index (χ1v) is 7.56. The SMILES string of the molecule is CC(C)[C@@H]1CC[C@@H](C)C2=CC(=O)[C@]3(Br)[C@H]2[C@]13C#N. The maximum absolute atomic E-state index is 12.3. The topological polar surface area (TPSA) is 40.9 Å². The van der Waals surface area contributed by atoms with Gasteiger partial charge in [0.1, 0.15) is 4.32 Å². The Hall–Kier alpha value is -0.620. The van der Waals surface area contributed by atoms with Gasteiger partial charge >= 0.3 is 0 Å². The van der Waals surface area contributed by atoms with Crippen LogP contribution in [0.25, 0.3) is 0 Å². The number of allylic oxidation sites excluding steroid dienone is 2. The summed E-state index contributed by atoms with van der Waals surface area (Å²) in [6.45, 7) is 6.55. The molecule has 3 aliphatic carbocycles. The molecule has 0 aromatic carbocycles. The largest absolute Gasteiger partial charge is 0.293 e. The monoisotopic (exact) mass is 307 g/mol. The lowest BCUT2D eigenvalue weighted by molar-refractivity contribution is -0.115. The average molecular weight is 308 g/mol. The second-order valence-corrected chi connectivity index (χ2v) is 7.71. The average Bonchev–Trinajstić information content (AvgIpc) is 2.78. The van der Waals surface area contributed by atoms with Gasteiger partial charge in [0.2, 0.25) is 0 Å². The van der Waals surface area contributed by atoms with Crippen molar-refractivity contribution in [1.82, 2.24) is 0 Å². The summed E-state index contributed by atoms with van der Waals surface area (Å²) in [6.07, 6.45) is 3.97. The maximum Gasteiger partial charge on any atom is 0.174 e. The molecule has 0 aliphatic heterocycles. The first kappa shape index (κ1) is 12.4. The van der Waals surface area contributed by atoms with Gasteiger partial charge in [0.05, 0.1) is 11.5 Å². The summed E-state index contributed by atoms with van der Waals surface area (Å²) >= 11 is 3.65. The predicted octanol–water partition coefficient (Wildman–Crippen LogP) is 3.47. The molecular formula is C15H18BrNO. The Labute approximate surface area is 117 Å². The van der Waals surface area contributed by atoms with Crippen LogP contribution in [0.4, 0.5) is 0 Å². The summed E-state index contributed by atoms with van der Waals surface area (Å²) in [6, 6.07) is 2.54. The minimum absolute atomic E-state index is 0.128. The molecule has 0 saturated heterocycles. The number of fused-ring (bicyclic) bond motifs is 1. The number of carbonyl (C=O) groups is 1. The fourth-order valence-corrected chi connectivity index (χ4v) is 5.70. The van der Waals surface area contributed by atoms with Gasteiger partial charge in [-0.05, 0) is 36.7 Å². The van der Waals surface area contributed by atoms with Crippen LogP contribution < -0.4 is 0 Å². The van der Waals surface area contributed by atoms with Crippen LogP contribution in [0.3, 0.4) is 0 Å². The molecule has 3 aliphatic rings. The Morgan fingerprint density at radius 2 is 2.17 bits per heavy atom. The minimum atomic E-state index is -0.590. The molecule has 0 bridgehead atoms. The lowest BCUT2D eigenvalue weighted by Crippen LogP contribution is -2.31. The molecule has 3 heteroatoms. The summed E-state index contributed by atoms with van der Waals surface area (Å²) < 4.78 is -0.590. The van der Waals surface area contributed by atoms with Crippen LogP contribution in [-0.4, -0.2) is 10.1 Å². The third kappa shape index (κ3) is 1.08. The standard InChI is InChI=1S/C15H18BrNO/c1-8(2)11-5-4-9(3)10-6-12(18)15(16)13(10)14(11,15)7-17/h6,8-9,11,13H,4-5H2,1-3H3/t9-,11+,13-,14+,15+/m1/s1. The summed E-state index contributed by atoms with van der Waals surface area (Å²) in [5.74, 6) is 1.47. The van der Waals surface area contributed by atoms with Gasteiger partial charge in [0.25, 0.3) is 0 Å². The van der Waals surface area contributed by atoms with Crippen LogP contribution in [-0.2, 0) is 4.79 Å². The molecule has 18 heavy (non-hydrogen) atoms. The van der Waals surface area contributed by atoms with E-state index in [1.165, 1.54) is 5.57 Å². The van der Waals surface area contributed by atoms with Gasteiger partial charge in [-0.2, -0.15) is 5.26 Å². The molecule has 2 nitrogen and oxygen atoms in total. The van der Waals surface area contributed by atoms with E-state index in [0.717, 1.165) is 12.8 Å². The summed E-state index contributed by atoms with van der Waals surface area (Å²) in [7, 11) is 0. The van der Waals surface area contributed by atoms with Crippen molar-refractivity contribution in [2.45, 2.75) is 37.9 Å². The van der Waals surface area contributed by atoms with E-state index in [4.69, 9.17) is 0 Å². The smallest absolute Gasteiger partial charge is 0.174 e. The van der Waals surface area contributed by atoms with Gasteiger partial charge in [0, 0.05) is 5.92 Å². The summed E-state index contributed by atoms with van der Waals surface area (Å²) in [5, 5.41) is 9.77. The second-order valence-electron chi connectivity index (χ2n) is 6.46. The molecule has 0 spiro atoms. The van der Waals surface area contributed by atoms with Crippen LogP contribution >= 0.6 is 15.9 Å². The van der Waals surface area contributed by atoms with Gasteiger partial charge in [-0.25, -0.2) is 0 Å². The third-order valence-electron chi connectivity index (χ3n) is 5.42. The number of halogens is 1. The maximum atomic E-state index is 12.3. The van der Waals surface area contributed by atoms with Crippen molar-refractivity contribution in [2.75, 3.05) is 0 Å². The highest BCUT2D eigenvalue weighted by Crippen LogP contribution is 2.79. The van der Waals surface area contributed by atoms with Crippen molar-refractivity contribution in [3.8, 4) is 6.07 Å². The van der Waals surface area contributed by atoms with Crippen molar-refractivity contribution in [1.29, 1.82) is 5.26 Å². The number of hydrogen-bond acceptors (Lipinski definition) is 2. The summed E-state index contributed by atoms with van der Waals surface area (Å²) in [5.41, 5.74) is 0.745. The number of rotatable bonds is 1. The molecule has 2 saturated carbocycles. The van der Waals surface area contributed by atoms with E-state index in [0.29, 0.717) is 17.8 Å². The Bertz CT molecular complexity index is 503. The summed E-state index contributed by atoms with van der Waals surface area (Å²) in [4.78, 5) is 12.3. The second kappa shape index (κ2) is 3.48. The van der Waals surface area contributed by atoms with Gasteiger partial charge in [0.15, 0.2) is 5.78 Å². The molecule has 0 aromatic heterocycles. The number of ketones is 1. The zero-order valence-corrected chi connectivity index (χ0v) is 12.6. The van der Waals surface area contributed by atoms with Crippen LogP contribution in [0, 0.1) is 40.4 Å². The Morgan fingerprint density at radius 3 is 2.72 bits per heavy atom. The van der Waals surface area contributed by atoms with Gasteiger partial charge in [-0.1, -0.05) is 42.3 Å². The molecule has 0 heterocycles. The lowest BCUT2D eigenvalue weighted by atomic mass is 9.76. The highest BCUT2D eigenvalue weighted by molar-refractivity contribution is 9.10. The molecule has 0 radical (unpaired) electrons. The van der Waals surface area contributed by atoms with E-state index in [9.17, 15) is 10.1 Å². The first-order chi connectivity index (χ1) is 8.41. The third-order valence-corrected chi connectivity index (χ3v) is 6.92. The molecule has 5 atom stereocenters. The Morgan fingerprint density at radius 1 is 1.50 bits per heavy atom. The highest BCUT2D eigenvalue weighted by Gasteiger charge is 2.85. The normalized spacial score (nSPS) is 49.4. The van der Waals surface area contributed by atoms with Crippen molar-refractivity contribution in [3.05, 3.63) is 11.6 Å². The van der Waals surface area contributed by atoms with Crippen LogP contribution in [0.5, 0.6) is 0 Å².